The third kappa shape index (κ3) is 4.44. The Morgan fingerprint density at radius 2 is 2.29 bits per heavy atom. The van der Waals surface area contributed by atoms with Crippen molar-refractivity contribution in [3.05, 3.63) is 34.1 Å². The Labute approximate surface area is 108 Å². The molecule has 1 atom stereocenters. The second kappa shape index (κ2) is 6.71. The molecule has 0 spiro atoms. The van der Waals surface area contributed by atoms with Crippen molar-refractivity contribution in [2.75, 3.05) is 13.7 Å². The van der Waals surface area contributed by atoms with Gasteiger partial charge in [-0.3, -0.25) is 4.79 Å². The van der Waals surface area contributed by atoms with Crippen LogP contribution in [0.15, 0.2) is 22.7 Å². The molecule has 0 aromatic heterocycles. The van der Waals surface area contributed by atoms with Crippen molar-refractivity contribution in [3.8, 4) is 0 Å². The number of rotatable bonds is 5. The molecule has 0 aliphatic heterocycles. The number of carbonyl (C=O) groups excluding carboxylic acids is 1. The number of hydrogen-bond acceptors (Lipinski definition) is 2. The van der Waals surface area contributed by atoms with Crippen LogP contribution in [-0.4, -0.2) is 25.7 Å². The third-order valence-electron chi connectivity index (χ3n) is 2.31. The van der Waals surface area contributed by atoms with Crippen LogP contribution in [0, 0.1) is 5.82 Å². The zero-order chi connectivity index (χ0) is 12.8. The first-order valence-corrected chi connectivity index (χ1v) is 6.08. The molecule has 1 unspecified atom stereocenters. The maximum atomic E-state index is 13.0. The molecule has 5 heteroatoms. The molecular weight excluding hydrogens is 289 g/mol. The Hall–Kier alpha value is -0.940. The quantitative estimate of drug-likeness (QED) is 0.908. The van der Waals surface area contributed by atoms with Gasteiger partial charge in [-0.15, -0.1) is 0 Å². The summed E-state index contributed by atoms with van der Waals surface area (Å²) in [5.41, 5.74) is 0.433. The topological polar surface area (TPSA) is 38.3 Å². The van der Waals surface area contributed by atoms with E-state index in [2.05, 4.69) is 21.2 Å². The standard InChI is InChI=1S/C12H15BrFNO2/c1-8(5-6-17-2)15-12(16)9-3-4-11(14)10(13)7-9/h3-4,7-8H,5-6H2,1-2H3,(H,15,16). The summed E-state index contributed by atoms with van der Waals surface area (Å²) in [4.78, 5) is 11.8. The Balaban J connectivity index is 2.60. The molecule has 94 valence electrons. The number of methoxy groups -OCH3 is 1. The highest BCUT2D eigenvalue weighted by Crippen LogP contribution is 2.16. The fraction of sp³-hybridized carbons (Fsp3) is 0.417. The molecular formula is C12H15BrFNO2. The van der Waals surface area contributed by atoms with Gasteiger partial charge in [0.05, 0.1) is 4.47 Å². The summed E-state index contributed by atoms with van der Waals surface area (Å²) < 4.78 is 18.2. The van der Waals surface area contributed by atoms with Crippen molar-refractivity contribution in [2.45, 2.75) is 19.4 Å². The summed E-state index contributed by atoms with van der Waals surface area (Å²) in [7, 11) is 1.62. The Kier molecular flexibility index (Phi) is 5.58. The molecule has 1 N–H and O–H groups in total. The number of carbonyl (C=O) groups is 1. The first-order valence-electron chi connectivity index (χ1n) is 5.29. The van der Waals surface area contributed by atoms with Crippen molar-refractivity contribution in [2.24, 2.45) is 0 Å². The molecule has 0 fully saturated rings. The second-order valence-electron chi connectivity index (χ2n) is 3.78. The third-order valence-corrected chi connectivity index (χ3v) is 2.92. The van der Waals surface area contributed by atoms with Crippen LogP contribution >= 0.6 is 15.9 Å². The molecule has 3 nitrogen and oxygen atoms in total. The minimum atomic E-state index is -0.381. The highest BCUT2D eigenvalue weighted by atomic mass is 79.9. The van der Waals surface area contributed by atoms with Gasteiger partial charge in [-0.1, -0.05) is 0 Å². The summed E-state index contributed by atoms with van der Waals surface area (Å²) in [6.07, 6.45) is 0.741. The van der Waals surface area contributed by atoms with Gasteiger partial charge in [-0.2, -0.15) is 0 Å². The molecule has 1 aromatic rings. The van der Waals surface area contributed by atoms with Gasteiger partial charge in [0.1, 0.15) is 5.82 Å². The van der Waals surface area contributed by atoms with E-state index in [1.807, 2.05) is 6.92 Å². The van der Waals surface area contributed by atoms with E-state index in [-0.39, 0.29) is 22.2 Å². The Bertz CT molecular complexity index is 398. The molecule has 0 saturated heterocycles. The normalized spacial score (nSPS) is 12.2. The van der Waals surface area contributed by atoms with Crippen LogP contribution in [-0.2, 0) is 4.74 Å². The zero-order valence-electron chi connectivity index (χ0n) is 9.80. The largest absolute Gasteiger partial charge is 0.385 e. The molecule has 1 rings (SSSR count). The highest BCUT2D eigenvalue weighted by Gasteiger charge is 2.11. The van der Waals surface area contributed by atoms with Crippen molar-refractivity contribution in [1.29, 1.82) is 0 Å². The molecule has 0 bridgehead atoms. The summed E-state index contributed by atoms with van der Waals surface area (Å²) in [6.45, 7) is 2.49. The first kappa shape index (κ1) is 14.1. The first-order chi connectivity index (χ1) is 8.04. The molecule has 0 saturated carbocycles. The average Bonchev–Trinajstić information content (AvgIpc) is 2.30. The number of amides is 1. The van der Waals surface area contributed by atoms with E-state index in [9.17, 15) is 9.18 Å². The smallest absolute Gasteiger partial charge is 0.251 e. The predicted molar refractivity (Wildman–Crippen MR) is 67.5 cm³/mol. The van der Waals surface area contributed by atoms with E-state index in [0.717, 1.165) is 6.42 Å². The van der Waals surface area contributed by atoms with Gasteiger partial charge in [0.15, 0.2) is 0 Å². The number of hydrogen-bond donors (Lipinski definition) is 1. The average molecular weight is 304 g/mol. The molecule has 0 heterocycles. The zero-order valence-corrected chi connectivity index (χ0v) is 11.4. The summed E-state index contributed by atoms with van der Waals surface area (Å²) >= 11 is 3.05. The number of benzene rings is 1. The number of nitrogens with one attached hydrogen (secondary N) is 1. The van der Waals surface area contributed by atoms with Crippen molar-refractivity contribution in [1.82, 2.24) is 5.32 Å². The van der Waals surface area contributed by atoms with Crippen LogP contribution < -0.4 is 5.32 Å². The van der Waals surface area contributed by atoms with Crippen LogP contribution in [0.2, 0.25) is 0 Å². The van der Waals surface area contributed by atoms with Gasteiger partial charge in [0.2, 0.25) is 0 Å². The monoisotopic (exact) mass is 303 g/mol. The van der Waals surface area contributed by atoms with Crippen LogP contribution in [0.4, 0.5) is 4.39 Å². The van der Waals surface area contributed by atoms with Crippen LogP contribution in [0.25, 0.3) is 0 Å². The van der Waals surface area contributed by atoms with E-state index >= 15 is 0 Å². The minimum absolute atomic E-state index is 0.0197. The summed E-state index contributed by atoms with van der Waals surface area (Å²) in [5.74, 6) is -0.594. The minimum Gasteiger partial charge on any atom is -0.385 e. The van der Waals surface area contributed by atoms with Gasteiger partial charge < -0.3 is 10.1 Å². The molecule has 1 aromatic carbocycles. The number of halogens is 2. The van der Waals surface area contributed by atoms with Gasteiger partial charge in [-0.25, -0.2) is 4.39 Å². The SMILES string of the molecule is COCCC(C)NC(=O)c1ccc(F)c(Br)c1. The fourth-order valence-corrected chi connectivity index (χ4v) is 1.69. The van der Waals surface area contributed by atoms with Crippen LogP contribution in [0.5, 0.6) is 0 Å². The van der Waals surface area contributed by atoms with Crippen molar-refractivity contribution < 1.29 is 13.9 Å². The van der Waals surface area contributed by atoms with E-state index in [1.54, 1.807) is 7.11 Å². The van der Waals surface area contributed by atoms with Gasteiger partial charge in [0.25, 0.3) is 5.91 Å². The lowest BCUT2D eigenvalue weighted by Crippen LogP contribution is -2.33. The van der Waals surface area contributed by atoms with Crippen molar-refractivity contribution in [3.63, 3.8) is 0 Å². The fourth-order valence-electron chi connectivity index (χ4n) is 1.31. The molecule has 17 heavy (non-hydrogen) atoms. The van der Waals surface area contributed by atoms with E-state index in [1.165, 1.54) is 18.2 Å². The van der Waals surface area contributed by atoms with Gasteiger partial charge in [-0.05, 0) is 47.5 Å². The lowest BCUT2D eigenvalue weighted by molar-refractivity contribution is 0.0929. The lowest BCUT2D eigenvalue weighted by Gasteiger charge is -2.13. The van der Waals surface area contributed by atoms with Crippen LogP contribution in [0.1, 0.15) is 23.7 Å². The molecule has 0 aliphatic rings. The second-order valence-corrected chi connectivity index (χ2v) is 4.64. The highest BCUT2D eigenvalue weighted by molar-refractivity contribution is 9.10. The maximum Gasteiger partial charge on any atom is 0.251 e. The molecule has 1 amide bonds. The molecule has 0 aliphatic carbocycles. The summed E-state index contributed by atoms with van der Waals surface area (Å²) in [6, 6.07) is 4.21. The Morgan fingerprint density at radius 3 is 2.88 bits per heavy atom. The Morgan fingerprint density at radius 1 is 1.59 bits per heavy atom. The van der Waals surface area contributed by atoms with Crippen LogP contribution in [0.3, 0.4) is 0 Å². The van der Waals surface area contributed by atoms with E-state index < -0.39 is 0 Å². The maximum absolute atomic E-state index is 13.0. The van der Waals surface area contributed by atoms with E-state index in [0.29, 0.717) is 12.2 Å². The predicted octanol–water partition coefficient (Wildman–Crippen LogP) is 2.74. The van der Waals surface area contributed by atoms with Gasteiger partial charge >= 0.3 is 0 Å². The lowest BCUT2D eigenvalue weighted by atomic mass is 10.2. The van der Waals surface area contributed by atoms with Gasteiger partial charge in [0, 0.05) is 25.3 Å². The molecule has 0 radical (unpaired) electrons. The summed E-state index contributed by atoms with van der Waals surface area (Å²) in [5, 5.41) is 2.82. The van der Waals surface area contributed by atoms with Crippen molar-refractivity contribution >= 4 is 21.8 Å². The number of ether oxygens (including phenoxy) is 1. The van der Waals surface area contributed by atoms with E-state index in [4.69, 9.17) is 4.74 Å².